The number of nitrogens with zero attached hydrogens (tertiary/aromatic N) is 3. The Morgan fingerprint density at radius 1 is 1.56 bits per heavy atom. The zero-order valence-corrected chi connectivity index (χ0v) is 10.2. The van der Waals surface area contributed by atoms with Gasteiger partial charge in [-0.1, -0.05) is 6.92 Å². The van der Waals surface area contributed by atoms with Gasteiger partial charge >= 0.3 is 0 Å². The number of alkyl halides is 1. The molecule has 0 radical (unpaired) electrons. The summed E-state index contributed by atoms with van der Waals surface area (Å²) in [4.78, 5) is 10.8. The number of ether oxygens (including phenoxy) is 1. The van der Waals surface area contributed by atoms with E-state index in [1.54, 1.807) is 12.4 Å². The molecule has 0 aromatic carbocycles. The lowest BCUT2D eigenvalue weighted by Gasteiger charge is -2.33. The molecule has 88 valence electrons. The number of anilines is 1. The van der Waals surface area contributed by atoms with Gasteiger partial charge < -0.3 is 9.64 Å². The fourth-order valence-corrected chi connectivity index (χ4v) is 1.91. The molecule has 0 saturated carbocycles. The van der Waals surface area contributed by atoms with E-state index in [4.69, 9.17) is 16.3 Å². The lowest BCUT2D eigenvalue weighted by molar-refractivity contribution is 0.0381. The third kappa shape index (κ3) is 2.62. The van der Waals surface area contributed by atoms with Crippen LogP contribution in [0.4, 0.5) is 5.82 Å². The second-order valence-corrected chi connectivity index (χ2v) is 4.12. The SMILES string of the molecule is CCC1CN(c2cncc(CCl)n2)CCO1. The average Bonchev–Trinajstić information content (AvgIpc) is 2.39. The van der Waals surface area contributed by atoms with Crippen molar-refractivity contribution in [3.05, 3.63) is 18.1 Å². The fraction of sp³-hybridized carbons (Fsp3) is 0.636. The van der Waals surface area contributed by atoms with Gasteiger partial charge in [0.2, 0.25) is 0 Å². The zero-order chi connectivity index (χ0) is 11.4. The molecule has 0 spiro atoms. The van der Waals surface area contributed by atoms with Crippen LogP contribution in [0.1, 0.15) is 19.0 Å². The van der Waals surface area contributed by atoms with E-state index in [1.807, 2.05) is 0 Å². The minimum atomic E-state index is 0.301. The Labute approximate surface area is 101 Å². The third-order valence-corrected chi connectivity index (χ3v) is 3.00. The van der Waals surface area contributed by atoms with Crippen LogP contribution in [0.15, 0.2) is 12.4 Å². The molecule has 1 aliphatic rings. The standard InChI is InChI=1S/C11H16ClN3O/c1-2-10-8-15(3-4-16-10)11-7-13-6-9(5-12)14-11/h6-7,10H,2-5,8H2,1H3. The van der Waals surface area contributed by atoms with Gasteiger partial charge in [-0.25, -0.2) is 4.98 Å². The smallest absolute Gasteiger partial charge is 0.147 e. The molecule has 1 unspecified atom stereocenters. The molecule has 1 saturated heterocycles. The predicted molar refractivity (Wildman–Crippen MR) is 63.8 cm³/mol. The van der Waals surface area contributed by atoms with E-state index in [1.165, 1.54) is 0 Å². The van der Waals surface area contributed by atoms with E-state index in [0.29, 0.717) is 12.0 Å². The maximum atomic E-state index is 5.75. The third-order valence-electron chi connectivity index (χ3n) is 2.73. The van der Waals surface area contributed by atoms with Gasteiger partial charge in [0.05, 0.1) is 30.5 Å². The first kappa shape index (κ1) is 11.6. The highest BCUT2D eigenvalue weighted by Gasteiger charge is 2.20. The number of hydrogen-bond acceptors (Lipinski definition) is 4. The quantitative estimate of drug-likeness (QED) is 0.757. The summed E-state index contributed by atoms with van der Waals surface area (Å²) in [5.74, 6) is 1.31. The summed E-state index contributed by atoms with van der Waals surface area (Å²) in [7, 11) is 0. The maximum Gasteiger partial charge on any atom is 0.147 e. The fourth-order valence-electron chi connectivity index (χ4n) is 1.79. The second kappa shape index (κ2) is 5.46. The molecule has 0 aliphatic carbocycles. The molecule has 0 N–H and O–H groups in total. The van der Waals surface area contributed by atoms with Gasteiger partial charge in [0.25, 0.3) is 0 Å². The molecule has 16 heavy (non-hydrogen) atoms. The van der Waals surface area contributed by atoms with Crippen molar-refractivity contribution in [2.75, 3.05) is 24.6 Å². The summed E-state index contributed by atoms with van der Waals surface area (Å²) in [5, 5.41) is 0. The van der Waals surface area contributed by atoms with Crippen LogP contribution in [0, 0.1) is 0 Å². The van der Waals surface area contributed by atoms with Crippen LogP contribution >= 0.6 is 11.6 Å². The van der Waals surface area contributed by atoms with Crippen molar-refractivity contribution in [1.82, 2.24) is 9.97 Å². The Morgan fingerprint density at radius 3 is 3.19 bits per heavy atom. The molecule has 1 aliphatic heterocycles. The van der Waals surface area contributed by atoms with Crippen molar-refractivity contribution in [2.45, 2.75) is 25.3 Å². The number of morpholine rings is 1. The number of halogens is 1. The Kier molecular flexibility index (Phi) is 3.96. The molecule has 2 rings (SSSR count). The van der Waals surface area contributed by atoms with Crippen LogP contribution in [-0.4, -0.2) is 35.8 Å². The van der Waals surface area contributed by atoms with Gasteiger partial charge in [0, 0.05) is 19.3 Å². The van der Waals surface area contributed by atoms with Gasteiger partial charge in [-0.2, -0.15) is 0 Å². The first-order chi connectivity index (χ1) is 7.83. The summed E-state index contributed by atoms with van der Waals surface area (Å²) in [6.45, 7) is 4.65. The Balaban J connectivity index is 2.10. The summed E-state index contributed by atoms with van der Waals surface area (Å²) >= 11 is 5.75. The molecule has 2 heterocycles. The van der Waals surface area contributed by atoms with Crippen molar-refractivity contribution in [2.24, 2.45) is 0 Å². The van der Waals surface area contributed by atoms with Crippen molar-refractivity contribution in [1.29, 1.82) is 0 Å². The van der Waals surface area contributed by atoms with Crippen LogP contribution in [0.5, 0.6) is 0 Å². The maximum absolute atomic E-state index is 5.75. The highest BCUT2D eigenvalue weighted by atomic mass is 35.5. The first-order valence-electron chi connectivity index (χ1n) is 5.57. The molecule has 1 fully saturated rings. The van der Waals surface area contributed by atoms with Crippen LogP contribution < -0.4 is 4.90 Å². The molecule has 5 heteroatoms. The second-order valence-electron chi connectivity index (χ2n) is 3.85. The van der Waals surface area contributed by atoms with E-state index >= 15 is 0 Å². The Bertz CT molecular complexity index is 348. The van der Waals surface area contributed by atoms with Gasteiger partial charge in [-0.15, -0.1) is 11.6 Å². The monoisotopic (exact) mass is 241 g/mol. The minimum absolute atomic E-state index is 0.301. The number of rotatable bonds is 3. The van der Waals surface area contributed by atoms with E-state index < -0.39 is 0 Å². The van der Waals surface area contributed by atoms with Crippen molar-refractivity contribution < 1.29 is 4.74 Å². The summed E-state index contributed by atoms with van der Waals surface area (Å²) in [5.41, 5.74) is 0.818. The minimum Gasteiger partial charge on any atom is -0.375 e. The molecular formula is C11H16ClN3O. The van der Waals surface area contributed by atoms with Gasteiger partial charge in [-0.3, -0.25) is 4.98 Å². The highest BCUT2D eigenvalue weighted by molar-refractivity contribution is 6.16. The van der Waals surface area contributed by atoms with Gasteiger partial charge in [0.1, 0.15) is 5.82 Å². The summed E-state index contributed by atoms with van der Waals surface area (Å²) in [6, 6.07) is 0. The van der Waals surface area contributed by atoms with E-state index in [0.717, 1.165) is 37.6 Å². The number of aromatic nitrogens is 2. The molecular weight excluding hydrogens is 226 g/mol. The van der Waals surface area contributed by atoms with E-state index in [2.05, 4.69) is 21.8 Å². The largest absolute Gasteiger partial charge is 0.375 e. The molecule has 1 aromatic heterocycles. The first-order valence-corrected chi connectivity index (χ1v) is 6.10. The van der Waals surface area contributed by atoms with E-state index in [-0.39, 0.29) is 0 Å². The molecule has 0 bridgehead atoms. The Morgan fingerprint density at radius 2 is 2.44 bits per heavy atom. The molecule has 0 amide bonds. The average molecular weight is 242 g/mol. The number of hydrogen-bond donors (Lipinski definition) is 0. The molecule has 4 nitrogen and oxygen atoms in total. The van der Waals surface area contributed by atoms with Crippen LogP contribution in [0.25, 0.3) is 0 Å². The lowest BCUT2D eigenvalue weighted by Crippen LogP contribution is -2.42. The van der Waals surface area contributed by atoms with Crippen LogP contribution in [0.3, 0.4) is 0 Å². The lowest BCUT2D eigenvalue weighted by atomic mass is 10.2. The highest BCUT2D eigenvalue weighted by Crippen LogP contribution is 2.16. The topological polar surface area (TPSA) is 38.2 Å². The van der Waals surface area contributed by atoms with Gasteiger partial charge in [-0.05, 0) is 6.42 Å². The van der Waals surface area contributed by atoms with E-state index in [9.17, 15) is 0 Å². The van der Waals surface area contributed by atoms with Crippen molar-refractivity contribution in [3.8, 4) is 0 Å². The van der Waals surface area contributed by atoms with Crippen LogP contribution in [-0.2, 0) is 10.6 Å². The molecule has 1 atom stereocenters. The summed E-state index contributed by atoms with van der Waals surface area (Å²) < 4.78 is 5.62. The normalized spacial score (nSPS) is 21.1. The predicted octanol–water partition coefficient (Wildman–Crippen LogP) is 1.83. The van der Waals surface area contributed by atoms with Crippen LogP contribution in [0.2, 0.25) is 0 Å². The zero-order valence-electron chi connectivity index (χ0n) is 9.40. The summed E-state index contributed by atoms with van der Waals surface area (Å²) in [6.07, 6.45) is 4.82. The Hall–Kier alpha value is -0.870. The van der Waals surface area contributed by atoms with Gasteiger partial charge in [0.15, 0.2) is 0 Å². The van der Waals surface area contributed by atoms with Crippen molar-refractivity contribution >= 4 is 17.4 Å². The molecule has 1 aromatic rings. The van der Waals surface area contributed by atoms with Crippen molar-refractivity contribution in [3.63, 3.8) is 0 Å².